The zero-order chi connectivity index (χ0) is 18.8. The molecule has 142 valence electrons. The minimum absolute atomic E-state index is 0.285. The predicted octanol–water partition coefficient (Wildman–Crippen LogP) is -0.0165. The van der Waals surface area contributed by atoms with Crippen molar-refractivity contribution in [2.24, 2.45) is 5.73 Å². The Balaban J connectivity index is 1.62. The van der Waals surface area contributed by atoms with Gasteiger partial charge in [0.15, 0.2) is 0 Å². The number of hydrogen-bond acceptors (Lipinski definition) is 8. The van der Waals surface area contributed by atoms with E-state index < -0.39 is 32.0 Å². The van der Waals surface area contributed by atoms with Crippen molar-refractivity contribution in [3.63, 3.8) is 0 Å². The summed E-state index contributed by atoms with van der Waals surface area (Å²) in [6.45, 7) is 0. The van der Waals surface area contributed by atoms with Crippen LogP contribution in [-0.2, 0) is 9.53 Å². The van der Waals surface area contributed by atoms with Crippen molar-refractivity contribution in [2.45, 2.75) is 53.8 Å². The number of nitrogens with two attached hydrogens (primary N) is 2. The molecule has 2 aromatic heterocycles. The van der Waals surface area contributed by atoms with Crippen LogP contribution in [0.25, 0.3) is 11.2 Å². The van der Waals surface area contributed by atoms with Gasteiger partial charge in [-0.2, -0.15) is 0 Å². The van der Waals surface area contributed by atoms with Crippen LogP contribution in [0, 0.1) is 0 Å². The molecule has 2 aromatic rings. The van der Waals surface area contributed by atoms with Gasteiger partial charge in [-0.3, -0.25) is 0 Å². The first-order chi connectivity index (χ1) is 12.4. The van der Waals surface area contributed by atoms with Crippen LogP contribution >= 0.6 is 0 Å². The van der Waals surface area contributed by atoms with Gasteiger partial charge in [0.2, 0.25) is 0 Å². The second-order valence-corrected chi connectivity index (χ2v) is 11.2. The molecule has 0 aliphatic carbocycles. The Morgan fingerprint density at radius 1 is 1.50 bits per heavy atom. The summed E-state index contributed by atoms with van der Waals surface area (Å²) in [5.41, 5.74) is 12.5. The molecule has 1 aliphatic heterocycles. The molecular formula is C15H23N6O4Se+. The Morgan fingerprint density at radius 3 is 3.00 bits per heavy atom. The van der Waals surface area contributed by atoms with Gasteiger partial charge in [0.25, 0.3) is 0 Å². The summed E-state index contributed by atoms with van der Waals surface area (Å²) in [7, 11) is 0. The number of carbonyl (C=O) groups is 1. The molecule has 1 unspecified atom stereocenters. The van der Waals surface area contributed by atoms with E-state index in [2.05, 4.69) is 20.8 Å². The van der Waals surface area contributed by atoms with Crippen LogP contribution in [0.2, 0.25) is 16.5 Å². The number of aliphatic hydroxyl groups is 1. The van der Waals surface area contributed by atoms with Gasteiger partial charge in [-0.05, 0) is 0 Å². The van der Waals surface area contributed by atoms with E-state index >= 15 is 0 Å². The average Bonchev–Trinajstić information content (AvgIpc) is 3.17. The summed E-state index contributed by atoms with van der Waals surface area (Å²) in [6, 6.07) is -0.828. The fourth-order valence-electron chi connectivity index (χ4n) is 2.93. The topological polar surface area (TPSA) is 162 Å². The summed E-state index contributed by atoms with van der Waals surface area (Å²) in [6.07, 6.45) is 2.62. The quantitative estimate of drug-likeness (QED) is 0.442. The summed E-state index contributed by atoms with van der Waals surface area (Å²) in [5, 5.41) is 20.8. The molecule has 10 nitrogen and oxygen atoms in total. The Bertz CT molecular complexity index is 787. The standard InChI is InChI=1S/C15H22N6O4Se/c1-26(3-2-8(16)15(23)24)5-10-9(22)4-11(25-10)21-7-20-12-13(17)18-6-19-14(12)21/h6-11,22H,2-5,16H2,1H3,(H2-,17,18,19,23,24)/p+1/t8-,9-,10+,11+,26?/m0/s1. The average molecular weight is 430 g/mol. The zero-order valence-electron chi connectivity index (χ0n) is 14.4. The molecule has 0 radical (unpaired) electrons. The number of imidazole rings is 1. The maximum atomic E-state index is 10.8. The number of fused-ring (bicyclic) bond motifs is 1. The number of ether oxygens (including phenoxy) is 1. The molecular weight excluding hydrogens is 407 g/mol. The molecule has 0 spiro atoms. The van der Waals surface area contributed by atoms with Crippen LogP contribution < -0.4 is 11.5 Å². The number of aliphatic carboxylic acids is 1. The monoisotopic (exact) mass is 431 g/mol. The van der Waals surface area contributed by atoms with Crippen molar-refractivity contribution >= 4 is 36.9 Å². The molecule has 11 heteroatoms. The molecule has 5 atom stereocenters. The Labute approximate surface area is 154 Å². The molecule has 1 fully saturated rings. The van der Waals surface area contributed by atoms with Gasteiger partial charge < -0.3 is 0 Å². The van der Waals surface area contributed by atoms with Crippen molar-refractivity contribution in [3.8, 4) is 0 Å². The summed E-state index contributed by atoms with van der Waals surface area (Å²) < 4.78 is 7.81. The SMILES string of the molecule is C[Se+](CC[C@H](N)C(=O)O)C[C@H]1O[C@@H](n2cnc3c(N)ncnc32)C[C@@H]1O. The van der Waals surface area contributed by atoms with Crippen LogP contribution in [0.5, 0.6) is 0 Å². The number of carboxylic acids is 1. The van der Waals surface area contributed by atoms with Crippen LogP contribution in [0.3, 0.4) is 0 Å². The van der Waals surface area contributed by atoms with E-state index in [-0.39, 0.29) is 12.3 Å². The summed E-state index contributed by atoms with van der Waals surface area (Å²) in [4.78, 5) is 23.2. The van der Waals surface area contributed by atoms with Gasteiger partial charge >= 0.3 is 154 Å². The second kappa shape index (κ2) is 7.85. The second-order valence-electron chi connectivity index (χ2n) is 6.40. The predicted molar refractivity (Wildman–Crippen MR) is 95.7 cm³/mol. The molecule has 0 amide bonds. The van der Waals surface area contributed by atoms with E-state index in [1.54, 1.807) is 10.9 Å². The normalized spacial score (nSPS) is 25.4. The first-order valence-corrected chi connectivity index (χ1v) is 12.3. The zero-order valence-corrected chi connectivity index (χ0v) is 16.1. The number of nitrogens with zero attached hydrogens (tertiary/aromatic N) is 4. The van der Waals surface area contributed by atoms with Gasteiger partial charge in [0.1, 0.15) is 0 Å². The molecule has 0 bridgehead atoms. The van der Waals surface area contributed by atoms with Gasteiger partial charge in [-0.25, -0.2) is 0 Å². The van der Waals surface area contributed by atoms with Crippen LogP contribution in [0.4, 0.5) is 5.82 Å². The maximum absolute atomic E-state index is 10.8. The van der Waals surface area contributed by atoms with Gasteiger partial charge in [-0.15, -0.1) is 0 Å². The van der Waals surface area contributed by atoms with Crippen LogP contribution in [0.15, 0.2) is 12.7 Å². The van der Waals surface area contributed by atoms with Crippen molar-refractivity contribution in [1.82, 2.24) is 19.5 Å². The van der Waals surface area contributed by atoms with Gasteiger partial charge in [0.05, 0.1) is 0 Å². The number of carboxylic acid groups (broad SMARTS) is 1. The van der Waals surface area contributed by atoms with E-state index in [0.29, 0.717) is 29.8 Å². The molecule has 26 heavy (non-hydrogen) atoms. The third-order valence-corrected chi connectivity index (χ3v) is 8.28. The fourth-order valence-corrected chi connectivity index (χ4v) is 6.47. The molecule has 6 N–H and O–H groups in total. The Kier molecular flexibility index (Phi) is 5.73. The molecule has 3 rings (SSSR count). The summed E-state index contributed by atoms with van der Waals surface area (Å²) >= 11 is -1.11. The van der Waals surface area contributed by atoms with Crippen LogP contribution in [-0.4, -0.2) is 67.9 Å². The van der Waals surface area contributed by atoms with Crippen LogP contribution in [0.1, 0.15) is 19.1 Å². The van der Waals surface area contributed by atoms with Crippen molar-refractivity contribution in [1.29, 1.82) is 0 Å². The minimum atomic E-state index is -1.11. The third kappa shape index (κ3) is 3.97. The third-order valence-electron chi connectivity index (χ3n) is 4.44. The van der Waals surface area contributed by atoms with E-state index in [9.17, 15) is 9.90 Å². The molecule has 0 saturated carbocycles. The van der Waals surface area contributed by atoms with Crippen molar-refractivity contribution in [2.75, 3.05) is 5.73 Å². The van der Waals surface area contributed by atoms with Crippen molar-refractivity contribution in [3.05, 3.63) is 12.7 Å². The number of rotatable bonds is 7. The number of anilines is 1. The molecule has 3 heterocycles. The van der Waals surface area contributed by atoms with E-state index in [4.69, 9.17) is 21.3 Å². The first-order valence-electron chi connectivity index (χ1n) is 8.21. The first kappa shape index (κ1) is 19.0. The Hall–Kier alpha value is -1.78. The number of nitrogen functional groups attached to an aromatic ring is 1. The van der Waals surface area contributed by atoms with E-state index in [0.717, 1.165) is 10.6 Å². The van der Waals surface area contributed by atoms with Gasteiger partial charge in [-0.1, -0.05) is 0 Å². The molecule has 1 aliphatic rings. The van der Waals surface area contributed by atoms with E-state index in [1.165, 1.54) is 6.33 Å². The Morgan fingerprint density at radius 2 is 2.27 bits per heavy atom. The molecule has 1 saturated heterocycles. The molecule has 0 aromatic carbocycles. The number of aliphatic hydroxyl groups excluding tert-OH is 1. The van der Waals surface area contributed by atoms with E-state index in [1.807, 2.05) is 0 Å². The van der Waals surface area contributed by atoms with Gasteiger partial charge in [0, 0.05) is 0 Å². The summed E-state index contributed by atoms with van der Waals surface area (Å²) in [5.74, 6) is 1.45. The number of hydrogen-bond donors (Lipinski definition) is 4. The fraction of sp³-hybridized carbons (Fsp3) is 0.600. The van der Waals surface area contributed by atoms with Crippen molar-refractivity contribution < 1.29 is 19.7 Å². The number of aromatic nitrogens is 4.